The second-order valence-corrected chi connectivity index (χ2v) is 5.41. The zero-order valence-electron chi connectivity index (χ0n) is 9.65. The van der Waals surface area contributed by atoms with E-state index in [2.05, 4.69) is 26.5 Å². The first-order chi connectivity index (χ1) is 7.86. The van der Waals surface area contributed by atoms with Crippen molar-refractivity contribution in [3.63, 3.8) is 0 Å². The van der Waals surface area contributed by atoms with E-state index in [1.165, 1.54) is 43.9 Å². The lowest BCUT2D eigenvalue weighted by atomic mass is 10.1. The SMILES string of the molecule is CCc1nsc(NC2CCN3CCCC23)n1. The van der Waals surface area contributed by atoms with Crippen molar-refractivity contribution in [2.45, 2.75) is 44.7 Å². The van der Waals surface area contributed by atoms with E-state index in [4.69, 9.17) is 0 Å². The molecule has 0 spiro atoms. The van der Waals surface area contributed by atoms with Gasteiger partial charge in [0.15, 0.2) is 0 Å². The van der Waals surface area contributed by atoms with E-state index in [0.29, 0.717) is 6.04 Å². The summed E-state index contributed by atoms with van der Waals surface area (Å²) in [5.74, 6) is 0.966. The van der Waals surface area contributed by atoms with Crippen LogP contribution in [0.3, 0.4) is 0 Å². The van der Waals surface area contributed by atoms with Crippen molar-refractivity contribution in [1.29, 1.82) is 0 Å². The van der Waals surface area contributed by atoms with Gasteiger partial charge in [-0.15, -0.1) is 0 Å². The number of aromatic nitrogens is 2. The number of hydrogen-bond acceptors (Lipinski definition) is 5. The lowest BCUT2D eigenvalue weighted by molar-refractivity contribution is 0.318. The summed E-state index contributed by atoms with van der Waals surface area (Å²) in [5.41, 5.74) is 0. The number of nitrogens with zero attached hydrogens (tertiary/aromatic N) is 3. The summed E-state index contributed by atoms with van der Waals surface area (Å²) in [6.07, 6.45) is 4.89. The smallest absolute Gasteiger partial charge is 0.202 e. The van der Waals surface area contributed by atoms with Crippen molar-refractivity contribution in [3.8, 4) is 0 Å². The first kappa shape index (κ1) is 10.5. The molecule has 2 aliphatic heterocycles. The maximum atomic E-state index is 4.48. The van der Waals surface area contributed by atoms with Crippen LogP contribution in [0, 0.1) is 0 Å². The predicted octanol–water partition coefficient (Wildman–Crippen LogP) is 1.75. The quantitative estimate of drug-likeness (QED) is 0.871. The van der Waals surface area contributed by atoms with Crippen LogP contribution in [0.25, 0.3) is 0 Å². The van der Waals surface area contributed by atoms with Gasteiger partial charge in [-0.25, -0.2) is 4.98 Å². The van der Waals surface area contributed by atoms with E-state index in [9.17, 15) is 0 Å². The van der Waals surface area contributed by atoms with Gasteiger partial charge in [0, 0.05) is 36.6 Å². The second kappa shape index (κ2) is 4.30. The minimum Gasteiger partial charge on any atom is -0.356 e. The molecule has 0 radical (unpaired) electrons. The standard InChI is InChI=1S/C11H18N4S/c1-2-10-13-11(16-14-10)12-8-5-7-15-6-3-4-9(8)15/h8-9H,2-7H2,1H3,(H,12,13,14). The highest BCUT2D eigenvalue weighted by atomic mass is 32.1. The van der Waals surface area contributed by atoms with E-state index in [-0.39, 0.29) is 0 Å². The molecule has 1 aromatic heterocycles. The highest BCUT2D eigenvalue weighted by molar-refractivity contribution is 7.09. The fourth-order valence-corrected chi connectivity index (χ4v) is 3.58. The van der Waals surface area contributed by atoms with Crippen LogP contribution in [0.2, 0.25) is 0 Å². The van der Waals surface area contributed by atoms with Gasteiger partial charge in [-0.3, -0.25) is 4.90 Å². The molecule has 0 aromatic carbocycles. The largest absolute Gasteiger partial charge is 0.356 e. The molecule has 0 bridgehead atoms. The number of hydrogen-bond donors (Lipinski definition) is 1. The molecule has 2 atom stereocenters. The summed E-state index contributed by atoms with van der Waals surface area (Å²) in [5, 5.41) is 4.58. The average Bonchev–Trinajstić information content (AvgIpc) is 2.97. The number of aryl methyl sites for hydroxylation is 1. The normalized spacial score (nSPS) is 29.6. The fourth-order valence-electron chi connectivity index (χ4n) is 2.87. The minimum absolute atomic E-state index is 0.597. The summed E-state index contributed by atoms with van der Waals surface area (Å²) in [6, 6.07) is 1.34. The summed E-state index contributed by atoms with van der Waals surface area (Å²) in [7, 11) is 0. The number of nitrogens with one attached hydrogen (secondary N) is 1. The van der Waals surface area contributed by atoms with Gasteiger partial charge in [0.2, 0.25) is 5.13 Å². The summed E-state index contributed by atoms with van der Waals surface area (Å²) in [6.45, 7) is 4.64. The maximum Gasteiger partial charge on any atom is 0.202 e. The second-order valence-electron chi connectivity index (χ2n) is 4.65. The molecule has 2 saturated heterocycles. The lowest BCUT2D eigenvalue weighted by Gasteiger charge is -2.20. The summed E-state index contributed by atoms with van der Waals surface area (Å²) < 4.78 is 4.32. The number of fused-ring (bicyclic) bond motifs is 1. The third-order valence-electron chi connectivity index (χ3n) is 3.70. The average molecular weight is 238 g/mol. The van der Waals surface area contributed by atoms with Gasteiger partial charge in [-0.2, -0.15) is 4.37 Å². The van der Waals surface area contributed by atoms with Crippen molar-refractivity contribution in [3.05, 3.63) is 5.82 Å². The minimum atomic E-state index is 0.597. The third kappa shape index (κ3) is 1.82. The molecule has 16 heavy (non-hydrogen) atoms. The van der Waals surface area contributed by atoms with Crippen LogP contribution in [-0.2, 0) is 6.42 Å². The van der Waals surface area contributed by atoms with Crippen LogP contribution in [0.1, 0.15) is 32.0 Å². The Hall–Kier alpha value is -0.680. The van der Waals surface area contributed by atoms with Crippen LogP contribution < -0.4 is 5.32 Å². The highest BCUT2D eigenvalue weighted by Crippen LogP contribution is 2.30. The van der Waals surface area contributed by atoms with Gasteiger partial charge >= 0.3 is 0 Å². The molecule has 1 aromatic rings. The van der Waals surface area contributed by atoms with Crippen molar-refractivity contribution in [2.75, 3.05) is 18.4 Å². The van der Waals surface area contributed by atoms with E-state index in [0.717, 1.165) is 23.4 Å². The lowest BCUT2D eigenvalue weighted by Crippen LogP contribution is -2.33. The van der Waals surface area contributed by atoms with Crippen LogP contribution in [0.5, 0.6) is 0 Å². The van der Waals surface area contributed by atoms with Gasteiger partial charge in [0.1, 0.15) is 5.82 Å². The third-order valence-corrected chi connectivity index (χ3v) is 4.38. The predicted molar refractivity (Wildman–Crippen MR) is 65.9 cm³/mol. The van der Waals surface area contributed by atoms with E-state index in [1.807, 2.05) is 0 Å². The molecular formula is C11H18N4S. The monoisotopic (exact) mass is 238 g/mol. The van der Waals surface area contributed by atoms with Crippen molar-refractivity contribution in [2.24, 2.45) is 0 Å². The first-order valence-electron chi connectivity index (χ1n) is 6.20. The maximum absolute atomic E-state index is 4.48. The molecule has 3 heterocycles. The molecule has 88 valence electrons. The molecular weight excluding hydrogens is 220 g/mol. The van der Waals surface area contributed by atoms with Gasteiger partial charge in [0.05, 0.1) is 0 Å². The Morgan fingerprint density at radius 3 is 3.19 bits per heavy atom. The van der Waals surface area contributed by atoms with Crippen molar-refractivity contribution >= 4 is 16.7 Å². The van der Waals surface area contributed by atoms with Crippen LogP contribution >= 0.6 is 11.5 Å². The van der Waals surface area contributed by atoms with Crippen LogP contribution in [-0.4, -0.2) is 39.4 Å². The van der Waals surface area contributed by atoms with Gasteiger partial charge in [-0.05, 0) is 25.8 Å². The summed E-state index contributed by atoms with van der Waals surface area (Å²) >= 11 is 1.50. The van der Waals surface area contributed by atoms with E-state index >= 15 is 0 Å². The number of anilines is 1. The molecule has 3 rings (SSSR count). The molecule has 2 aliphatic rings. The van der Waals surface area contributed by atoms with Gasteiger partial charge in [-0.1, -0.05) is 6.92 Å². The van der Waals surface area contributed by atoms with Crippen molar-refractivity contribution in [1.82, 2.24) is 14.3 Å². The molecule has 0 aliphatic carbocycles. The van der Waals surface area contributed by atoms with Gasteiger partial charge < -0.3 is 5.32 Å². The fraction of sp³-hybridized carbons (Fsp3) is 0.818. The Labute approximate surface area is 100 Å². The molecule has 1 N–H and O–H groups in total. The Balaban J connectivity index is 1.66. The first-order valence-corrected chi connectivity index (χ1v) is 6.97. The Morgan fingerprint density at radius 1 is 1.44 bits per heavy atom. The van der Waals surface area contributed by atoms with E-state index < -0.39 is 0 Å². The Bertz CT molecular complexity index is 365. The topological polar surface area (TPSA) is 41.1 Å². The van der Waals surface area contributed by atoms with E-state index in [1.54, 1.807) is 0 Å². The van der Waals surface area contributed by atoms with Crippen molar-refractivity contribution < 1.29 is 0 Å². The van der Waals surface area contributed by atoms with Crippen LogP contribution in [0.4, 0.5) is 5.13 Å². The molecule has 2 fully saturated rings. The molecule has 4 nitrogen and oxygen atoms in total. The number of rotatable bonds is 3. The highest BCUT2D eigenvalue weighted by Gasteiger charge is 2.37. The van der Waals surface area contributed by atoms with Gasteiger partial charge in [0.25, 0.3) is 0 Å². The molecule has 0 amide bonds. The molecule has 2 unspecified atom stereocenters. The zero-order valence-corrected chi connectivity index (χ0v) is 10.5. The molecule has 5 heteroatoms. The zero-order chi connectivity index (χ0) is 11.0. The molecule has 0 saturated carbocycles. The summed E-state index contributed by atoms with van der Waals surface area (Å²) in [4.78, 5) is 7.09. The Kier molecular flexibility index (Phi) is 2.81. The van der Waals surface area contributed by atoms with Crippen LogP contribution in [0.15, 0.2) is 0 Å². The Morgan fingerprint density at radius 2 is 2.38 bits per heavy atom.